The number of aliphatic hydroxyl groups excluding tert-OH is 1. The molecule has 29 heavy (non-hydrogen) atoms. The van der Waals surface area contributed by atoms with E-state index in [1.807, 2.05) is 11.0 Å². The molecule has 152 valence electrons. The number of nitrogens with zero attached hydrogens (tertiary/aromatic N) is 3. The number of benzene rings is 1. The highest BCUT2D eigenvalue weighted by atomic mass is 19.4. The van der Waals surface area contributed by atoms with Crippen LogP contribution in [0.4, 0.5) is 13.2 Å². The smallest absolute Gasteiger partial charge is 0.372 e. The molecule has 4 atom stereocenters. The Kier molecular flexibility index (Phi) is 4.36. The van der Waals surface area contributed by atoms with Crippen LogP contribution in [0.15, 0.2) is 42.6 Å². The van der Waals surface area contributed by atoms with E-state index in [-0.39, 0.29) is 17.8 Å². The van der Waals surface area contributed by atoms with Gasteiger partial charge in [-0.1, -0.05) is 18.2 Å². The van der Waals surface area contributed by atoms with Gasteiger partial charge in [-0.05, 0) is 54.4 Å². The van der Waals surface area contributed by atoms with E-state index < -0.39 is 18.0 Å². The first-order chi connectivity index (χ1) is 13.9. The third-order valence-electron chi connectivity index (χ3n) is 6.44. The number of halogens is 3. The zero-order valence-electron chi connectivity index (χ0n) is 15.6. The zero-order chi connectivity index (χ0) is 20.2. The molecular formula is C21H21F3N4O. The molecule has 1 saturated heterocycles. The molecule has 5 nitrogen and oxygen atoms in total. The van der Waals surface area contributed by atoms with Crippen LogP contribution in [0.1, 0.15) is 41.8 Å². The molecule has 2 aromatic heterocycles. The van der Waals surface area contributed by atoms with E-state index in [1.54, 1.807) is 24.4 Å². The topological polar surface area (TPSA) is 65.0 Å². The molecule has 1 saturated carbocycles. The molecule has 1 aliphatic carbocycles. The number of alkyl halides is 3. The molecular weight excluding hydrogens is 381 g/mol. The molecule has 3 aromatic rings. The van der Waals surface area contributed by atoms with Crippen molar-refractivity contribution < 1.29 is 18.3 Å². The number of nitrogens with one attached hydrogen (secondary N) is 1. The van der Waals surface area contributed by atoms with Crippen molar-refractivity contribution in [1.29, 1.82) is 0 Å². The molecule has 3 heterocycles. The van der Waals surface area contributed by atoms with Crippen molar-refractivity contribution in [3.05, 3.63) is 59.4 Å². The lowest BCUT2D eigenvalue weighted by atomic mass is 9.91. The summed E-state index contributed by atoms with van der Waals surface area (Å²) in [4.78, 5) is 6.18. The van der Waals surface area contributed by atoms with Crippen molar-refractivity contribution in [3.63, 3.8) is 0 Å². The van der Waals surface area contributed by atoms with Crippen molar-refractivity contribution in [2.24, 2.45) is 11.8 Å². The minimum absolute atomic E-state index is 0.0856. The molecule has 1 aromatic carbocycles. The van der Waals surface area contributed by atoms with Gasteiger partial charge >= 0.3 is 6.18 Å². The SMILES string of the molecule is OC(c1n[nH]c2ncccc12)N1C[C@H]2C[C@@H](c3ccccc3C(F)(F)F)C[C@H]2C1. The number of aliphatic hydroxyl groups is 1. The first kappa shape index (κ1) is 18.6. The van der Waals surface area contributed by atoms with Crippen LogP contribution in [0.3, 0.4) is 0 Å². The zero-order valence-corrected chi connectivity index (χ0v) is 15.6. The molecule has 2 fully saturated rings. The Morgan fingerprint density at radius 1 is 1.07 bits per heavy atom. The van der Waals surface area contributed by atoms with E-state index in [2.05, 4.69) is 15.2 Å². The summed E-state index contributed by atoms with van der Waals surface area (Å²) < 4.78 is 40.2. The summed E-state index contributed by atoms with van der Waals surface area (Å²) in [6, 6.07) is 9.59. The highest BCUT2D eigenvalue weighted by Gasteiger charge is 2.45. The predicted molar refractivity (Wildman–Crippen MR) is 101 cm³/mol. The molecule has 2 N–H and O–H groups in total. The van der Waals surface area contributed by atoms with Crippen molar-refractivity contribution in [1.82, 2.24) is 20.1 Å². The van der Waals surface area contributed by atoms with E-state index in [9.17, 15) is 18.3 Å². The summed E-state index contributed by atoms with van der Waals surface area (Å²) in [5.74, 6) is 0.469. The second-order valence-electron chi connectivity index (χ2n) is 8.11. The maximum atomic E-state index is 13.4. The Morgan fingerprint density at radius 3 is 2.52 bits per heavy atom. The Balaban J connectivity index is 1.32. The first-order valence-corrected chi connectivity index (χ1v) is 9.79. The molecule has 8 heteroatoms. The second kappa shape index (κ2) is 6.81. The van der Waals surface area contributed by atoms with Gasteiger partial charge in [0.15, 0.2) is 11.9 Å². The van der Waals surface area contributed by atoms with Gasteiger partial charge in [0.1, 0.15) is 5.69 Å². The van der Waals surface area contributed by atoms with Gasteiger partial charge in [0.2, 0.25) is 0 Å². The maximum Gasteiger partial charge on any atom is 0.416 e. The van der Waals surface area contributed by atoms with Crippen LogP contribution >= 0.6 is 0 Å². The molecule has 0 bridgehead atoms. The van der Waals surface area contributed by atoms with Crippen molar-refractivity contribution in [2.45, 2.75) is 31.2 Å². The molecule has 5 rings (SSSR count). The number of rotatable bonds is 3. The normalized spacial score (nSPS) is 26.1. The fraction of sp³-hybridized carbons (Fsp3) is 0.429. The molecule has 0 spiro atoms. The molecule has 1 aliphatic heterocycles. The fourth-order valence-corrected chi connectivity index (χ4v) is 5.15. The van der Waals surface area contributed by atoms with Crippen LogP contribution in [0, 0.1) is 11.8 Å². The third-order valence-corrected chi connectivity index (χ3v) is 6.44. The Bertz CT molecular complexity index is 1020. The number of fused-ring (bicyclic) bond motifs is 2. The van der Waals surface area contributed by atoms with Crippen molar-refractivity contribution in [3.8, 4) is 0 Å². The maximum absolute atomic E-state index is 13.4. The van der Waals surface area contributed by atoms with Gasteiger partial charge in [0.05, 0.1) is 5.56 Å². The summed E-state index contributed by atoms with van der Waals surface area (Å²) in [5.41, 5.74) is 1.07. The van der Waals surface area contributed by atoms with Crippen molar-refractivity contribution in [2.75, 3.05) is 13.1 Å². The Morgan fingerprint density at radius 2 is 1.79 bits per heavy atom. The Hall–Kier alpha value is -2.45. The van der Waals surface area contributed by atoms with Gasteiger partial charge in [-0.25, -0.2) is 4.98 Å². The van der Waals surface area contributed by atoms with Crippen LogP contribution < -0.4 is 0 Å². The number of likely N-dealkylation sites (tertiary alicyclic amines) is 1. The largest absolute Gasteiger partial charge is 0.416 e. The summed E-state index contributed by atoms with van der Waals surface area (Å²) in [7, 11) is 0. The van der Waals surface area contributed by atoms with Gasteiger partial charge in [-0.2, -0.15) is 18.3 Å². The average Bonchev–Trinajstić information content (AvgIpc) is 3.39. The van der Waals surface area contributed by atoms with E-state index in [4.69, 9.17) is 0 Å². The average molecular weight is 402 g/mol. The van der Waals surface area contributed by atoms with Gasteiger partial charge in [0.25, 0.3) is 0 Å². The lowest BCUT2D eigenvalue weighted by Crippen LogP contribution is -2.28. The number of aromatic nitrogens is 3. The predicted octanol–water partition coefficient (Wildman–Crippen LogP) is 4.09. The van der Waals surface area contributed by atoms with Crippen LogP contribution in [-0.2, 0) is 6.18 Å². The minimum Gasteiger partial charge on any atom is -0.372 e. The lowest BCUT2D eigenvalue weighted by molar-refractivity contribution is -0.138. The number of pyridine rings is 1. The van der Waals surface area contributed by atoms with E-state index in [1.165, 1.54) is 12.1 Å². The summed E-state index contributed by atoms with van der Waals surface area (Å²) in [6.45, 7) is 1.32. The van der Waals surface area contributed by atoms with Crippen LogP contribution in [0.25, 0.3) is 11.0 Å². The third kappa shape index (κ3) is 3.20. The quantitative estimate of drug-likeness (QED) is 0.693. The van der Waals surface area contributed by atoms with Crippen LogP contribution in [-0.4, -0.2) is 38.3 Å². The minimum atomic E-state index is -4.33. The highest BCUT2D eigenvalue weighted by Crippen LogP contribution is 2.49. The summed E-state index contributed by atoms with van der Waals surface area (Å²) in [6.07, 6.45) is -2.09. The van der Waals surface area contributed by atoms with Crippen molar-refractivity contribution >= 4 is 11.0 Å². The fourth-order valence-electron chi connectivity index (χ4n) is 5.15. The summed E-state index contributed by atoms with van der Waals surface area (Å²) in [5, 5.41) is 18.7. The number of H-pyrrole nitrogens is 1. The van der Waals surface area contributed by atoms with Gasteiger partial charge in [-0.15, -0.1) is 0 Å². The van der Waals surface area contributed by atoms with Gasteiger partial charge in [0, 0.05) is 24.7 Å². The second-order valence-corrected chi connectivity index (χ2v) is 8.11. The van der Waals surface area contributed by atoms with E-state index in [0.717, 1.165) is 5.39 Å². The monoisotopic (exact) mass is 402 g/mol. The first-order valence-electron chi connectivity index (χ1n) is 9.79. The Labute approximate surface area is 165 Å². The van der Waals surface area contributed by atoms with Crippen LogP contribution in [0.5, 0.6) is 0 Å². The lowest BCUT2D eigenvalue weighted by Gasteiger charge is -2.24. The summed E-state index contributed by atoms with van der Waals surface area (Å²) >= 11 is 0. The highest BCUT2D eigenvalue weighted by molar-refractivity contribution is 5.77. The van der Waals surface area contributed by atoms with E-state index >= 15 is 0 Å². The van der Waals surface area contributed by atoms with Gasteiger partial charge < -0.3 is 5.11 Å². The number of hydrogen-bond acceptors (Lipinski definition) is 4. The molecule has 2 aliphatic rings. The standard InChI is InChI=1S/C21H21F3N4O/c22-21(23,24)17-6-2-1-4-15(17)12-8-13-10-28(11-14(13)9-12)20(29)18-16-5-3-7-25-19(16)27-26-18/h1-7,12-14,20,29H,8-11H2,(H,25,26,27)/t12-,13-,14+,20?. The molecule has 0 amide bonds. The van der Waals surface area contributed by atoms with Crippen LogP contribution in [0.2, 0.25) is 0 Å². The molecule has 1 unspecified atom stereocenters. The molecule has 0 radical (unpaired) electrons. The number of aromatic amines is 1. The number of hydrogen-bond donors (Lipinski definition) is 2. The van der Waals surface area contributed by atoms with Gasteiger partial charge in [-0.3, -0.25) is 10.00 Å². The van der Waals surface area contributed by atoms with E-state index in [0.29, 0.717) is 42.8 Å².